The van der Waals surface area contributed by atoms with E-state index in [9.17, 15) is 9.59 Å². The summed E-state index contributed by atoms with van der Waals surface area (Å²) in [6, 6.07) is 7.79. The van der Waals surface area contributed by atoms with Gasteiger partial charge >= 0.3 is 0 Å². The molecule has 1 aromatic carbocycles. The van der Waals surface area contributed by atoms with Gasteiger partial charge in [-0.15, -0.1) is 0 Å². The number of nitrogens with one attached hydrogen (secondary N) is 1. The molecule has 4 heteroatoms. The summed E-state index contributed by atoms with van der Waals surface area (Å²) in [5.74, 6) is 0.00964. The third-order valence-electron chi connectivity index (χ3n) is 4.36. The number of anilines is 1. The number of hydrogen-bond acceptors (Lipinski definition) is 2. The van der Waals surface area contributed by atoms with E-state index in [2.05, 4.69) is 5.32 Å². The van der Waals surface area contributed by atoms with Crippen molar-refractivity contribution in [2.24, 2.45) is 0 Å². The highest BCUT2D eigenvalue weighted by Crippen LogP contribution is 2.33. The molecule has 20 heavy (non-hydrogen) atoms. The number of carbonyl (C=O) groups excluding carboxylic acids is 2. The van der Waals surface area contributed by atoms with Gasteiger partial charge in [0.1, 0.15) is 12.1 Å². The van der Waals surface area contributed by atoms with Crippen LogP contribution in [0.3, 0.4) is 0 Å². The normalized spacial score (nSPS) is 21.9. The van der Waals surface area contributed by atoms with Gasteiger partial charge in [-0.3, -0.25) is 9.59 Å². The lowest BCUT2D eigenvalue weighted by atomic mass is 9.79. The fraction of sp³-hybridized carbons (Fsp3) is 0.500. The van der Waals surface area contributed by atoms with E-state index in [-0.39, 0.29) is 18.4 Å². The summed E-state index contributed by atoms with van der Waals surface area (Å²) >= 11 is 0. The SMILES string of the molecule is Cc1cccc(N2CC(=O)NC3(CCCCC3)C2=O)c1. The molecule has 0 unspecified atom stereocenters. The average molecular weight is 272 g/mol. The lowest BCUT2D eigenvalue weighted by Crippen LogP contribution is -2.67. The Balaban J connectivity index is 1.95. The molecule has 0 atom stereocenters. The number of piperazine rings is 1. The van der Waals surface area contributed by atoms with E-state index in [4.69, 9.17) is 0 Å². The maximum absolute atomic E-state index is 12.9. The highest BCUT2D eigenvalue weighted by atomic mass is 16.2. The Labute approximate surface area is 119 Å². The van der Waals surface area contributed by atoms with E-state index in [1.807, 2.05) is 31.2 Å². The zero-order valence-corrected chi connectivity index (χ0v) is 11.8. The van der Waals surface area contributed by atoms with Gasteiger partial charge in [-0.05, 0) is 37.5 Å². The van der Waals surface area contributed by atoms with Gasteiger partial charge in [-0.25, -0.2) is 0 Å². The fourth-order valence-electron chi connectivity index (χ4n) is 3.33. The number of amides is 2. The molecule has 4 nitrogen and oxygen atoms in total. The molecular weight excluding hydrogens is 252 g/mol. The molecule has 1 heterocycles. The topological polar surface area (TPSA) is 49.4 Å². The molecule has 2 aliphatic rings. The predicted octanol–water partition coefficient (Wildman–Crippen LogP) is 2.16. The minimum absolute atomic E-state index is 0.0481. The summed E-state index contributed by atoms with van der Waals surface area (Å²) < 4.78 is 0. The number of aryl methyl sites for hydroxylation is 1. The molecule has 1 spiro atoms. The van der Waals surface area contributed by atoms with E-state index < -0.39 is 5.54 Å². The molecule has 1 saturated carbocycles. The van der Waals surface area contributed by atoms with Gasteiger partial charge in [0.05, 0.1) is 0 Å². The second-order valence-corrected chi connectivity index (χ2v) is 5.92. The molecule has 1 saturated heterocycles. The van der Waals surface area contributed by atoms with Crippen molar-refractivity contribution in [2.45, 2.75) is 44.6 Å². The lowest BCUT2D eigenvalue weighted by Gasteiger charge is -2.44. The summed E-state index contributed by atoms with van der Waals surface area (Å²) in [5, 5.41) is 2.97. The van der Waals surface area contributed by atoms with Crippen LogP contribution >= 0.6 is 0 Å². The third kappa shape index (κ3) is 2.19. The zero-order chi connectivity index (χ0) is 14.2. The van der Waals surface area contributed by atoms with Crippen LogP contribution in [0, 0.1) is 6.92 Å². The highest BCUT2D eigenvalue weighted by Gasteiger charge is 2.47. The Morgan fingerprint density at radius 1 is 1.15 bits per heavy atom. The first kappa shape index (κ1) is 13.2. The first-order chi connectivity index (χ1) is 9.61. The van der Waals surface area contributed by atoms with Gasteiger partial charge in [0, 0.05) is 5.69 Å². The van der Waals surface area contributed by atoms with E-state index in [0.29, 0.717) is 0 Å². The molecule has 1 aliphatic heterocycles. The Bertz CT molecular complexity index is 547. The van der Waals surface area contributed by atoms with Crippen molar-refractivity contribution in [2.75, 3.05) is 11.4 Å². The van der Waals surface area contributed by atoms with Crippen LogP contribution in [0.25, 0.3) is 0 Å². The van der Waals surface area contributed by atoms with Crippen molar-refractivity contribution in [3.63, 3.8) is 0 Å². The number of benzene rings is 1. The Hall–Kier alpha value is -1.84. The number of hydrogen-bond donors (Lipinski definition) is 1. The number of rotatable bonds is 1. The first-order valence-corrected chi connectivity index (χ1v) is 7.30. The van der Waals surface area contributed by atoms with Crippen molar-refractivity contribution in [3.05, 3.63) is 29.8 Å². The first-order valence-electron chi connectivity index (χ1n) is 7.30. The van der Waals surface area contributed by atoms with Crippen molar-refractivity contribution >= 4 is 17.5 Å². The molecule has 106 valence electrons. The van der Waals surface area contributed by atoms with Crippen LogP contribution < -0.4 is 10.2 Å². The quantitative estimate of drug-likeness (QED) is 0.851. The molecule has 0 aromatic heterocycles. The Kier molecular flexibility index (Phi) is 3.24. The average Bonchev–Trinajstić information content (AvgIpc) is 2.44. The summed E-state index contributed by atoms with van der Waals surface area (Å²) in [6.45, 7) is 2.12. The zero-order valence-electron chi connectivity index (χ0n) is 11.8. The minimum atomic E-state index is -0.655. The van der Waals surface area contributed by atoms with Crippen LogP contribution in [-0.2, 0) is 9.59 Å². The molecule has 0 radical (unpaired) electrons. The molecule has 2 amide bonds. The molecule has 3 rings (SSSR count). The molecule has 1 aliphatic carbocycles. The largest absolute Gasteiger partial charge is 0.340 e. The Morgan fingerprint density at radius 2 is 1.90 bits per heavy atom. The summed E-state index contributed by atoms with van der Waals surface area (Å²) in [5.41, 5.74) is 1.27. The number of nitrogens with zero attached hydrogens (tertiary/aromatic N) is 1. The van der Waals surface area contributed by atoms with Crippen LogP contribution in [0.5, 0.6) is 0 Å². The van der Waals surface area contributed by atoms with Crippen molar-refractivity contribution in [1.29, 1.82) is 0 Å². The van der Waals surface area contributed by atoms with Gasteiger partial charge in [0.25, 0.3) is 5.91 Å². The molecule has 0 bridgehead atoms. The van der Waals surface area contributed by atoms with Gasteiger partial charge in [0.2, 0.25) is 5.91 Å². The summed E-state index contributed by atoms with van der Waals surface area (Å²) in [4.78, 5) is 26.6. The molecule has 1 N–H and O–H groups in total. The predicted molar refractivity (Wildman–Crippen MR) is 77.5 cm³/mol. The van der Waals surface area contributed by atoms with Crippen LogP contribution in [0.15, 0.2) is 24.3 Å². The molecule has 1 aromatic rings. The maximum atomic E-state index is 12.9. The summed E-state index contributed by atoms with van der Waals surface area (Å²) in [6.07, 6.45) is 4.69. The van der Waals surface area contributed by atoms with Crippen molar-refractivity contribution < 1.29 is 9.59 Å². The van der Waals surface area contributed by atoms with Crippen molar-refractivity contribution in [1.82, 2.24) is 5.32 Å². The van der Waals surface area contributed by atoms with Crippen LogP contribution in [0.1, 0.15) is 37.7 Å². The standard InChI is InChI=1S/C16H20N2O2/c1-12-6-5-7-13(10-12)18-11-14(19)17-16(15(18)20)8-3-2-4-9-16/h5-7,10H,2-4,8-9,11H2,1H3,(H,17,19). The van der Waals surface area contributed by atoms with Crippen LogP contribution in [-0.4, -0.2) is 23.9 Å². The highest BCUT2D eigenvalue weighted by molar-refractivity contribution is 6.09. The van der Waals surface area contributed by atoms with Gasteiger partial charge in [-0.2, -0.15) is 0 Å². The Morgan fingerprint density at radius 3 is 2.60 bits per heavy atom. The van der Waals surface area contributed by atoms with Gasteiger partial charge in [-0.1, -0.05) is 31.4 Å². The van der Waals surface area contributed by atoms with Crippen LogP contribution in [0.2, 0.25) is 0 Å². The fourth-order valence-corrected chi connectivity index (χ4v) is 3.33. The minimum Gasteiger partial charge on any atom is -0.340 e. The molecular formula is C16H20N2O2. The van der Waals surface area contributed by atoms with E-state index in [0.717, 1.165) is 43.4 Å². The lowest BCUT2D eigenvalue weighted by molar-refractivity contribution is -0.137. The monoisotopic (exact) mass is 272 g/mol. The van der Waals surface area contributed by atoms with E-state index >= 15 is 0 Å². The van der Waals surface area contributed by atoms with Crippen molar-refractivity contribution in [3.8, 4) is 0 Å². The van der Waals surface area contributed by atoms with Gasteiger partial charge < -0.3 is 10.2 Å². The summed E-state index contributed by atoms with van der Waals surface area (Å²) in [7, 11) is 0. The second-order valence-electron chi connectivity index (χ2n) is 5.92. The number of carbonyl (C=O) groups is 2. The van der Waals surface area contributed by atoms with Gasteiger partial charge in [0.15, 0.2) is 0 Å². The maximum Gasteiger partial charge on any atom is 0.253 e. The second kappa shape index (κ2) is 4.93. The third-order valence-corrected chi connectivity index (χ3v) is 4.36. The molecule has 2 fully saturated rings. The van der Waals surface area contributed by atoms with Crippen LogP contribution in [0.4, 0.5) is 5.69 Å². The van der Waals surface area contributed by atoms with E-state index in [1.165, 1.54) is 0 Å². The van der Waals surface area contributed by atoms with E-state index in [1.54, 1.807) is 4.90 Å². The smallest absolute Gasteiger partial charge is 0.253 e.